The van der Waals surface area contributed by atoms with Crippen molar-refractivity contribution in [2.24, 2.45) is 0 Å². The van der Waals surface area contributed by atoms with E-state index < -0.39 is 0 Å². The summed E-state index contributed by atoms with van der Waals surface area (Å²) in [6.07, 6.45) is 0. The first-order valence-corrected chi connectivity index (χ1v) is 10.7. The molecule has 3 rings (SSSR count). The van der Waals surface area contributed by atoms with Crippen molar-refractivity contribution in [2.45, 2.75) is 13.8 Å². The molecule has 2 amide bonds. The number of carbonyl (C=O) groups is 2. The summed E-state index contributed by atoms with van der Waals surface area (Å²) >= 11 is 0. The smallest absolute Gasteiger partial charge is 0.251 e. The lowest BCUT2D eigenvalue weighted by molar-refractivity contribution is -0.114. The van der Waals surface area contributed by atoms with Gasteiger partial charge in [-0.2, -0.15) is 0 Å². The van der Waals surface area contributed by atoms with E-state index in [1.54, 1.807) is 31.4 Å². The third-order valence-electron chi connectivity index (χ3n) is 5.11. The molecule has 0 fully saturated rings. The van der Waals surface area contributed by atoms with Crippen molar-refractivity contribution in [1.82, 2.24) is 5.32 Å². The molecule has 0 saturated carbocycles. The van der Waals surface area contributed by atoms with E-state index in [9.17, 15) is 9.59 Å². The van der Waals surface area contributed by atoms with Crippen molar-refractivity contribution in [3.05, 3.63) is 83.4 Å². The van der Waals surface area contributed by atoms with E-state index in [-0.39, 0.29) is 18.4 Å². The Hall–Kier alpha value is -4.00. The van der Waals surface area contributed by atoms with E-state index in [4.69, 9.17) is 9.47 Å². The van der Waals surface area contributed by atoms with Gasteiger partial charge in [0.1, 0.15) is 18.1 Å². The summed E-state index contributed by atoms with van der Waals surface area (Å²) in [6, 6.07) is 20.0. The van der Waals surface area contributed by atoms with Crippen LogP contribution >= 0.6 is 0 Å². The molecule has 7 nitrogen and oxygen atoms in total. The Morgan fingerprint density at radius 1 is 0.818 bits per heavy atom. The van der Waals surface area contributed by atoms with Gasteiger partial charge in [0.2, 0.25) is 5.91 Å². The van der Waals surface area contributed by atoms with Crippen molar-refractivity contribution in [3.8, 4) is 11.5 Å². The van der Waals surface area contributed by atoms with Crippen molar-refractivity contribution >= 4 is 23.2 Å². The van der Waals surface area contributed by atoms with E-state index in [1.165, 1.54) is 11.1 Å². The fourth-order valence-corrected chi connectivity index (χ4v) is 3.05. The molecule has 0 heterocycles. The van der Waals surface area contributed by atoms with Crippen LogP contribution in [0.25, 0.3) is 0 Å². The van der Waals surface area contributed by atoms with Gasteiger partial charge in [0, 0.05) is 16.9 Å². The van der Waals surface area contributed by atoms with E-state index in [0.29, 0.717) is 30.2 Å². The number of hydrogen-bond acceptors (Lipinski definition) is 5. The van der Waals surface area contributed by atoms with Gasteiger partial charge in [-0.15, -0.1) is 0 Å². The Morgan fingerprint density at radius 2 is 1.48 bits per heavy atom. The third-order valence-corrected chi connectivity index (χ3v) is 5.11. The monoisotopic (exact) mass is 447 g/mol. The predicted octanol–water partition coefficient (Wildman–Crippen LogP) is 4.17. The first kappa shape index (κ1) is 23.7. The van der Waals surface area contributed by atoms with E-state index in [1.807, 2.05) is 56.3 Å². The fraction of sp³-hybridized carbons (Fsp3) is 0.231. The molecular formula is C26H29N3O4. The average Bonchev–Trinajstić information content (AvgIpc) is 2.83. The van der Waals surface area contributed by atoms with Gasteiger partial charge in [-0.05, 0) is 85.6 Å². The molecule has 0 saturated heterocycles. The molecule has 0 aromatic heterocycles. The molecule has 0 aliphatic carbocycles. The van der Waals surface area contributed by atoms with E-state index in [0.717, 1.165) is 11.4 Å². The van der Waals surface area contributed by atoms with Gasteiger partial charge in [0.15, 0.2) is 0 Å². The van der Waals surface area contributed by atoms with Crippen LogP contribution in [0.3, 0.4) is 0 Å². The summed E-state index contributed by atoms with van der Waals surface area (Å²) in [5, 5.41) is 8.75. The highest BCUT2D eigenvalue weighted by Crippen LogP contribution is 2.17. The van der Waals surface area contributed by atoms with Crippen LogP contribution in [0, 0.1) is 13.8 Å². The average molecular weight is 448 g/mol. The van der Waals surface area contributed by atoms with Gasteiger partial charge < -0.3 is 25.4 Å². The predicted molar refractivity (Wildman–Crippen MR) is 130 cm³/mol. The minimum atomic E-state index is -0.206. The second-order valence-electron chi connectivity index (χ2n) is 7.56. The summed E-state index contributed by atoms with van der Waals surface area (Å²) in [6.45, 7) is 4.95. The first-order chi connectivity index (χ1) is 15.9. The number of amides is 2. The maximum atomic E-state index is 12.3. The Bertz CT molecular complexity index is 1080. The number of nitrogens with one attached hydrogen (secondary N) is 3. The fourth-order valence-electron chi connectivity index (χ4n) is 3.05. The lowest BCUT2D eigenvalue weighted by atomic mass is 10.1. The van der Waals surface area contributed by atoms with Gasteiger partial charge in [-0.3, -0.25) is 9.59 Å². The molecule has 33 heavy (non-hydrogen) atoms. The highest BCUT2D eigenvalue weighted by Gasteiger charge is 2.07. The van der Waals surface area contributed by atoms with Gasteiger partial charge in [-0.1, -0.05) is 6.07 Å². The molecule has 0 aliphatic rings. The molecule has 0 spiro atoms. The summed E-state index contributed by atoms with van der Waals surface area (Å²) in [5.41, 5.74) is 4.41. The van der Waals surface area contributed by atoms with Crippen LogP contribution in [-0.4, -0.2) is 38.6 Å². The van der Waals surface area contributed by atoms with Crippen LogP contribution in [0.4, 0.5) is 11.4 Å². The largest absolute Gasteiger partial charge is 0.497 e. The minimum absolute atomic E-state index is 0.152. The van der Waals surface area contributed by atoms with Gasteiger partial charge >= 0.3 is 0 Å². The summed E-state index contributed by atoms with van der Waals surface area (Å²) in [5.74, 6) is 1.09. The van der Waals surface area contributed by atoms with Crippen molar-refractivity contribution < 1.29 is 19.1 Å². The SMILES string of the molecule is COc1ccc(OCCNC(=O)c2ccc(NC(=O)CNc3ccc(C)c(C)c3)cc2)cc1. The lowest BCUT2D eigenvalue weighted by Gasteiger charge is -2.10. The maximum Gasteiger partial charge on any atom is 0.251 e. The molecular weight excluding hydrogens is 418 g/mol. The highest BCUT2D eigenvalue weighted by molar-refractivity contribution is 5.96. The molecule has 0 radical (unpaired) electrons. The van der Waals surface area contributed by atoms with Crippen LogP contribution in [0.1, 0.15) is 21.5 Å². The third kappa shape index (κ3) is 7.28. The number of ether oxygens (including phenoxy) is 2. The Balaban J connectivity index is 1.39. The topological polar surface area (TPSA) is 88.7 Å². The zero-order chi connectivity index (χ0) is 23.6. The zero-order valence-electron chi connectivity index (χ0n) is 19.1. The molecule has 3 aromatic carbocycles. The molecule has 172 valence electrons. The molecule has 3 N–H and O–H groups in total. The standard InChI is InChI=1S/C26H29N3O4/c1-18-4-7-22(16-19(18)2)28-17-25(30)29-21-8-5-20(6-9-21)26(31)27-14-15-33-24-12-10-23(32-3)11-13-24/h4-13,16,28H,14-15,17H2,1-3H3,(H,27,31)(H,29,30). The molecule has 0 bridgehead atoms. The number of hydrogen-bond donors (Lipinski definition) is 3. The Kier molecular flexibility index (Phi) is 8.30. The van der Waals surface area contributed by atoms with Crippen LogP contribution in [0.2, 0.25) is 0 Å². The van der Waals surface area contributed by atoms with Crippen LogP contribution in [0.15, 0.2) is 66.7 Å². The number of anilines is 2. The maximum absolute atomic E-state index is 12.3. The highest BCUT2D eigenvalue weighted by atomic mass is 16.5. The lowest BCUT2D eigenvalue weighted by Crippen LogP contribution is -2.28. The second kappa shape index (κ2) is 11.6. The van der Waals surface area contributed by atoms with Gasteiger partial charge in [0.25, 0.3) is 5.91 Å². The minimum Gasteiger partial charge on any atom is -0.497 e. The van der Waals surface area contributed by atoms with Crippen LogP contribution in [-0.2, 0) is 4.79 Å². The van der Waals surface area contributed by atoms with Crippen molar-refractivity contribution in [3.63, 3.8) is 0 Å². The van der Waals surface area contributed by atoms with E-state index in [2.05, 4.69) is 16.0 Å². The number of aryl methyl sites for hydroxylation is 2. The zero-order valence-corrected chi connectivity index (χ0v) is 19.1. The van der Waals surface area contributed by atoms with Crippen molar-refractivity contribution in [2.75, 3.05) is 37.4 Å². The van der Waals surface area contributed by atoms with Gasteiger partial charge in [0.05, 0.1) is 20.2 Å². The van der Waals surface area contributed by atoms with E-state index >= 15 is 0 Å². The molecule has 0 aliphatic heterocycles. The summed E-state index contributed by atoms with van der Waals surface area (Å²) in [7, 11) is 1.61. The molecule has 0 atom stereocenters. The molecule has 7 heteroatoms. The van der Waals surface area contributed by atoms with Crippen molar-refractivity contribution in [1.29, 1.82) is 0 Å². The first-order valence-electron chi connectivity index (χ1n) is 10.7. The number of benzene rings is 3. The normalized spacial score (nSPS) is 10.3. The second-order valence-corrected chi connectivity index (χ2v) is 7.56. The van der Waals surface area contributed by atoms with Crippen LogP contribution < -0.4 is 25.4 Å². The molecule has 3 aromatic rings. The molecule has 0 unspecified atom stereocenters. The Morgan fingerprint density at radius 3 is 2.15 bits per heavy atom. The summed E-state index contributed by atoms with van der Waals surface area (Å²) < 4.78 is 10.7. The summed E-state index contributed by atoms with van der Waals surface area (Å²) in [4.78, 5) is 24.5. The quantitative estimate of drug-likeness (QED) is 0.406. The Labute approximate surface area is 194 Å². The number of carbonyl (C=O) groups excluding carboxylic acids is 2. The van der Waals surface area contributed by atoms with Gasteiger partial charge in [-0.25, -0.2) is 0 Å². The number of rotatable bonds is 10. The number of methoxy groups -OCH3 is 1. The van der Waals surface area contributed by atoms with Crippen LogP contribution in [0.5, 0.6) is 11.5 Å².